The molecule has 0 bridgehead atoms. The minimum Gasteiger partial charge on any atom is -0.507 e. The van der Waals surface area contributed by atoms with Gasteiger partial charge >= 0.3 is 12.0 Å². The van der Waals surface area contributed by atoms with Crippen molar-refractivity contribution >= 4 is 17.7 Å². The lowest BCUT2D eigenvalue weighted by Crippen LogP contribution is -2.36. The first-order valence-corrected chi connectivity index (χ1v) is 6.63. The lowest BCUT2D eigenvalue weighted by molar-refractivity contribution is 0.0693. The second-order valence-corrected chi connectivity index (χ2v) is 4.95. The van der Waals surface area contributed by atoms with Crippen molar-refractivity contribution < 1.29 is 19.8 Å². The van der Waals surface area contributed by atoms with Crippen LogP contribution in [0.4, 0.5) is 10.5 Å². The predicted molar refractivity (Wildman–Crippen MR) is 74.1 cm³/mol. The largest absolute Gasteiger partial charge is 0.507 e. The van der Waals surface area contributed by atoms with Gasteiger partial charge in [0, 0.05) is 18.8 Å². The van der Waals surface area contributed by atoms with Gasteiger partial charge in [-0.25, -0.2) is 9.59 Å². The Kier molecular flexibility index (Phi) is 4.12. The Hall–Kier alpha value is -2.24. The van der Waals surface area contributed by atoms with E-state index in [2.05, 4.69) is 5.32 Å². The molecule has 1 aliphatic rings. The number of hydrogen-bond donors (Lipinski definition) is 3. The predicted octanol–water partition coefficient (Wildman–Crippen LogP) is 2.35. The molecule has 0 radical (unpaired) electrons. The van der Waals surface area contributed by atoms with Crippen molar-refractivity contribution in [2.45, 2.75) is 19.8 Å². The molecule has 1 fully saturated rings. The van der Waals surface area contributed by atoms with Crippen molar-refractivity contribution in [1.82, 2.24) is 4.90 Å². The summed E-state index contributed by atoms with van der Waals surface area (Å²) >= 11 is 0. The zero-order valence-electron chi connectivity index (χ0n) is 11.3. The number of carboxylic acids is 1. The summed E-state index contributed by atoms with van der Waals surface area (Å²) in [5.74, 6) is -0.958. The molecule has 0 atom stereocenters. The van der Waals surface area contributed by atoms with Crippen molar-refractivity contribution in [2.24, 2.45) is 5.92 Å². The summed E-state index contributed by atoms with van der Waals surface area (Å²) < 4.78 is 0. The molecule has 0 saturated heterocycles. The third-order valence-corrected chi connectivity index (χ3v) is 3.32. The summed E-state index contributed by atoms with van der Waals surface area (Å²) in [7, 11) is 0. The highest BCUT2D eigenvalue weighted by Crippen LogP contribution is 2.30. The van der Waals surface area contributed by atoms with Crippen LogP contribution in [0.1, 0.15) is 30.1 Å². The molecule has 2 amide bonds. The van der Waals surface area contributed by atoms with E-state index in [0.717, 1.165) is 19.4 Å². The zero-order valence-corrected chi connectivity index (χ0v) is 11.3. The van der Waals surface area contributed by atoms with Gasteiger partial charge in [-0.05, 0) is 43.9 Å². The third-order valence-electron chi connectivity index (χ3n) is 3.32. The summed E-state index contributed by atoms with van der Waals surface area (Å²) in [4.78, 5) is 24.7. The highest BCUT2D eigenvalue weighted by molar-refractivity contribution is 5.95. The Morgan fingerprint density at radius 1 is 1.40 bits per heavy atom. The SMILES string of the molecule is CCN(CC1CC1)C(=O)Nc1ccc(O)c(C(=O)O)c1. The number of nitrogens with one attached hydrogen (secondary N) is 1. The van der Waals surface area contributed by atoms with Crippen molar-refractivity contribution in [1.29, 1.82) is 0 Å². The van der Waals surface area contributed by atoms with Crippen molar-refractivity contribution in [3.63, 3.8) is 0 Å². The first kappa shape index (κ1) is 14.2. The average molecular weight is 278 g/mol. The fourth-order valence-electron chi connectivity index (χ4n) is 1.96. The number of amides is 2. The summed E-state index contributed by atoms with van der Waals surface area (Å²) in [5, 5.41) is 21.0. The topological polar surface area (TPSA) is 89.9 Å². The molecule has 0 heterocycles. The number of anilines is 1. The van der Waals surface area contributed by atoms with Gasteiger partial charge in [0.05, 0.1) is 0 Å². The molecule has 0 spiro atoms. The maximum atomic E-state index is 12.1. The van der Waals surface area contributed by atoms with Crippen LogP contribution in [0.15, 0.2) is 18.2 Å². The first-order chi connectivity index (χ1) is 9.51. The van der Waals surface area contributed by atoms with Gasteiger partial charge in [0.2, 0.25) is 0 Å². The van der Waals surface area contributed by atoms with Crippen LogP contribution in [0.25, 0.3) is 0 Å². The molecule has 108 valence electrons. The number of carbonyl (C=O) groups is 2. The molecule has 1 saturated carbocycles. The normalized spacial score (nSPS) is 13.8. The van der Waals surface area contributed by atoms with Gasteiger partial charge in [-0.15, -0.1) is 0 Å². The van der Waals surface area contributed by atoms with Gasteiger partial charge in [-0.1, -0.05) is 0 Å². The fourth-order valence-corrected chi connectivity index (χ4v) is 1.96. The van der Waals surface area contributed by atoms with Crippen molar-refractivity contribution in [3.8, 4) is 5.75 Å². The number of carbonyl (C=O) groups excluding carboxylic acids is 1. The fraction of sp³-hybridized carbons (Fsp3) is 0.429. The van der Waals surface area contributed by atoms with E-state index < -0.39 is 5.97 Å². The second-order valence-electron chi connectivity index (χ2n) is 4.95. The van der Waals surface area contributed by atoms with Gasteiger partial charge in [0.25, 0.3) is 0 Å². The van der Waals surface area contributed by atoms with Gasteiger partial charge < -0.3 is 20.4 Å². The average Bonchev–Trinajstić information content (AvgIpc) is 3.21. The molecule has 0 unspecified atom stereocenters. The molecule has 3 N–H and O–H groups in total. The summed E-state index contributed by atoms with van der Waals surface area (Å²) in [6, 6.07) is 3.74. The minimum atomic E-state index is -1.23. The molecule has 1 aliphatic carbocycles. The summed E-state index contributed by atoms with van der Waals surface area (Å²) in [6.07, 6.45) is 2.32. The quantitative estimate of drug-likeness (QED) is 0.721. The van der Waals surface area contributed by atoms with Crippen LogP contribution in [-0.2, 0) is 0 Å². The Balaban J connectivity index is 2.06. The lowest BCUT2D eigenvalue weighted by atomic mass is 10.2. The van der Waals surface area contributed by atoms with Gasteiger partial charge in [0.1, 0.15) is 11.3 Å². The van der Waals surface area contributed by atoms with Gasteiger partial charge in [-0.3, -0.25) is 0 Å². The molecule has 20 heavy (non-hydrogen) atoms. The van der Waals surface area contributed by atoms with E-state index in [4.69, 9.17) is 5.11 Å². The number of hydrogen-bond acceptors (Lipinski definition) is 3. The number of urea groups is 1. The van der Waals surface area contributed by atoms with Crippen LogP contribution in [0.3, 0.4) is 0 Å². The van der Waals surface area contributed by atoms with Crippen LogP contribution < -0.4 is 5.32 Å². The summed E-state index contributed by atoms with van der Waals surface area (Å²) in [5.41, 5.74) is 0.132. The molecule has 0 aliphatic heterocycles. The zero-order chi connectivity index (χ0) is 14.7. The molecular weight excluding hydrogens is 260 g/mol. The molecule has 1 aromatic carbocycles. The smallest absolute Gasteiger partial charge is 0.339 e. The molecule has 0 aromatic heterocycles. The standard InChI is InChI=1S/C14H18N2O4/c1-2-16(8-9-3-4-9)14(20)15-10-5-6-12(17)11(7-10)13(18)19/h5-7,9,17H,2-4,8H2,1H3,(H,15,20)(H,18,19). The van der Waals surface area contributed by atoms with Crippen LogP contribution in [0.5, 0.6) is 5.75 Å². The van der Waals surface area contributed by atoms with E-state index in [1.165, 1.54) is 18.2 Å². The van der Waals surface area contributed by atoms with Crippen LogP contribution in [0.2, 0.25) is 0 Å². The van der Waals surface area contributed by atoms with Crippen LogP contribution in [-0.4, -0.2) is 40.2 Å². The lowest BCUT2D eigenvalue weighted by Gasteiger charge is -2.21. The van der Waals surface area contributed by atoms with E-state index >= 15 is 0 Å². The number of aromatic carboxylic acids is 1. The highest BCUT2D eigenvalue weighted by Gasteiger charge is 2.26. The van der Waals surface area contributed by atoms with E-state index in [-0.39, 0.29) is 17.3 Å². The van der Waals surface area contributed by atoms with Crippen LogP contribution in [0, 0.1) is 5.92 Å². The van der Waals surface area contributed by atoms with Crippen molar-refractivity contribution in [3.05, 3.63) is 23.8 Å². The second kappa shape index (κ2) is 5.81. The van der Waals surface area contributed by atoms with E-state index in [1.807, 2.05) is 6.92 Å². The molecule has 6 heteroatoms. The number of carboxylic acid groups (broad SMARTS) is 1. The van der Waals surface area contributed by atoms with Gasteiger partial charge in [-0.2, -0.15) is 0 Å². The Morgan fingerprint density at radius 2 is 2.10 bits per heavy atom. The maximum Gasteiger partial charge on any atom is 0.339 e. The molecular formula is C14H18N2O4. The molecule has 2 rings (SSSR count). The summed E-state index contributed by atoms with van der Waals surface area (Å²) in [6.45, 7) is 3.24. The number of aromatic hydroxyl groups is 1. The number of rotatable bonds is 5. The van der Waals surface area contributed by atoms with E-state index in [9.17, 15) is 14.7 Å². The Morgan fingerprint density at radius 3 is 2.65 bits per heavy atom. The molecule has 1 aromatic rings. The third kappa shape index (κ3) is 3.40. The van der Waals surface area contributed by atoms with Crippen molar-refractivity contribution in [2.75, 3.05) is 18.4 Å². The van der Waals surface area contributed by atoms with Crippen LogP contribution >= 0.6 is 0 Å². The maximum absolute atomic E-state index is 12.1. The van der Waals surface area contributed by atoms with E-state index in [1.54, 1.807) is 4.90 Å². The Bertz CT molecular complexity index is 526. The monoisotopic (exact) mass is 278 g/mol. The van der Waals surface area contributed by atoms with Gasteiger partial charge in [0.15, 0.2) is 0 Å². The minimum absolute atomic E-state index is 0.229. The number of benzene rings is 1. The highest BCUT2D eigenvalue weighted by atomic mass is 16.4. The number of nitrogens with zero attached hydrogens (tertiary/aromatic N) is 1. The first-order valence-electron chi connectivity index (χ1n) is 6.63. The molecule has 6 nitrogen and oxygen atoms in total. The number of phenols is 1. The Labute approximate surface area is 117 Å². The van der Waals surface area contributed by atoms with E-state index in [0.29, 0.717) is 18.2 Å².